The van der Waals surface area contributed by atoms with Crippen molar-refractivity contribution in [2.75, 3.05) is 11.8 Å². The Kier molecular flexibility index (Phi) is 11.2. The van der Waals surface area contributed by atoms with Crippen LogP contribution in [0.2, 0.25) is 0 Å². The van der Waals surface area contributed by atoms with Gasteiger partial charge in [0.05, 0.1) is 23.4 Å². The normalized spacial score (nSPS) is 12.4. The van der Waals surface area contributed by atoms with Gasteiger partial charge in [0.1, 0.15) is 11.0 Å². The van der Waals surface area contributed by atoms with Gasteiger partial charge in [0.15, 0.2) is 0 Å². The number of aromatic nitrogens is 1. The Morgan fingerprint density at radius 1 is 1.00 bits per heavy atom. The van der Waals surface area contributed by atoms with E-state index < -0.39 is 28.3 Å². The molecule has 2 amide bonds. The van der Waals surface area contributed by atoms with Crippen molar-refractivity contribution in [3.8, 4) is 9.88 Å². The number of carbonyl (C=O) groups is 2. The summed E-state index contributed by atoms with van der Waals surface area (Å²) >= 11 is 3.33. The Hall–Kier alpha value is -3.78. The van der Waals surface area contributed by atoms with Gasteiger partial charge in [-0.1, -0.05) is 55.5 Å². The summed E-state index contributed by atoms with van der Waals surface area (Å²) in [6.45, 7) is 2.12. The molecule has 2 aromatic heterocycles. The van der Waals surface area contributed by atoms with Crippen LogP contribution >= 0.6 is 22.7 Å². The van der Waals surface area contributed by atoms with Gasteiger partial charge in [-0.3, -0.25) is 14.1 Å². The smallest absolute Gasteiger partial charge is 0.407 e. The monoisotopic (exact) mass is 602 g/mol. The van der Waals surface area contributed by atoms with Crippen molar-refractivity contribution in [3.05, 3.63) is 94.3 Å². The number of hydrogen-bond donors (Lipinski definition) is 4. The Labute approximate surface area is 241 Å². The minimum absolute atomic E-state index is 0.260. The lowest BCUT2D eigenvalue weighted by Gasteiger charge is -2.14. The van der Waals surface area contributed by atoms with Crippen LogP contribution in [0.1, 0.15) is 29.7 Å². The molecule has 40 heavy (non-hydrogen) atoms. The lowest BCUT2D eigenvalue weighted by molar-refractivity contribution is -0.119. The van der Waals surface area contributed by atoms with E-state index in [1.165, 1.54) is 12.0 Å². The molecule has 4 aromatic rings. The van der Waals surface area contributed by atoms with Gasteiger partial charge < -0.3 is 15.8 Å². The SMILES string of the molecule is CC(Cc1ccc(NS(=O)(=O)O)cc1)c1csc(-c2cccs2)n1.COC(=O)NC(Cc1ccccc1)C(N)=O. The van der Waals surface area contributed by atoms with E-state index in [-0.39, 0.29) is 5.92 Å². The number of methoxy groups -OCH3 is 1. The number of nitrogens with two attached hydrogens (primary N) is 1. The van der Waals surface area contributed by atoms with E-state index in [1.54, 1.807) is 34.8 Å². The van der Waals surface area contributed by atoms with Crippen LogP contribution < -0.4 is 15.8 Å². The molecule has 0 fully saturated rings. The van der Waals surface area contributed by atoms with E-state index in [1.807, 2.05) is 58.6 Å². The highest BCUT2D eigenvalue weighted by atomic mass is 32.2. The zero-order valence-electron chi connectivity index (χ0n) is 21.8. The number of ether oxygens (including phenoxy) is 1. The molecule has 0 aliphatic rings. The second-order valence-electron chi connectivity index (χ2n) is 8.71. The van der Waals surface area contributed by atoms with Gasteiger partial charge in [0, 0.05) is 17.7 Å². The Bertz CT molecular complexity index is 1470. The molecule has 0 radical (unpaired) electrons. The molecule has 0 saturated carbocycles. The molecule has 0 aliphatic carbocycles. The molecule has 0 bridgehead atoms. The van der Waals surface area contributed by atoms with Gasteiger partial charge in [-0.05, 0) is 41.1 Å². The van der Waals surface area contributed by atoms with Crippen molar-refractivity contribution in [2.45, 2.75) is 31.7 Å². The standard InChI is InChI=1S/C16H16N2O3S3.C11H14N2O3/c1-11(14-10-23-16(17-14)15-3-2-8-22-15)9-12-4-6-13(7-5-12)18-24(19,20)21;1-16-11(15)13-9(10(12)14)7-8-5-3-2-4-6-8/h2-8,10-11,18H,9H2,1H3,(H,19,20,21);2-6,9H,7H2,1H3,(H2,12,14)(H,13,15). The van der Waals surface area contributed by atoms with Crippen LogP contribution in [0.3, 0.4) is 0 Å². The summed E-state index contributed by atoms with van der Waals surface area (Å²) in [6.07, 6.45) is 0.491. The Morgan fingerprint density at radius 3 is 2.25 bits per heavy atom. The van der Waals surface area contributed by atoms with Gasteiger partial charge in [-0.2, -0.15) is 8.42 Å². The second kappa shape index (κ2) is 14.6. The molecule has 0 spiro atoms. The van der Waals surface area contributed by atoms with E-state index in [9.17, 15) is 18.0 Å². The third kappa shape index (κ3) is 10.1. The number of thiazole rings is 1. The predicted molar refractivity (Wildman–Crippen MR) is 158 cm³/mol. The van der Waals surface area contributed by atoms with Gasteiger partial charge >= 0.3 is 16.4 Å². The molecule has 2 unspecified atom stereocenters. The molecule has 0 saturated heterocycles. The van der Waals surface area contributed by atoms with Crippen molar-refractivity contribution in [2.24, 2.45) is 5.73 Å². The zero-order valence-corrected chi connectivity index (χ0v) is 24.3. The van der Waals surface area contributed by atoms with E-state index in [0.29, 0.717) is 12.1 Å². The highest BCUT2D eigenvalue weighted by Crippen LogP contribution is 2.31. The third-order valence-electron chi connectivity index (χ3n) is 5.61. The molecular weight excluding hydrogens is 573 g/mol. The summed E-state index contributed by atoms with van der Waals surface area (Å²) in [6, 6.07) is 19.6. The molecule has 10 nitrogen and oxygen atoms in total. The second-order valence-corrected chi connectivity index (χ2v) is 11.7. The highest BCUT2D eigenvalue weighted by Gasteiger charge is 2.18. The number of alkyl carbamates (subject to hydrolysis) is 1. The number of benzene rings is 2. The number of nitrogens with zero attached hydrogens (tertiary/aromatic N) is 1. The minimum Gasteiger partial charge on any atom is -0.453 e. The lowest BCUT2D eigenvalue weighted by atomic mass is 9.99. The van der Waals surface area contributed by atoms with Crippen LogP contribution in [-0.2, 0) is 32.7 Å². The molecule has 4 rings (SSSR count). The first kappa shape index (κ1) is 30.8. The minimum atomic E-state index is -4.23. The van der Waals surface area contributed by atoms with Crippen molar-refractivity contribution in [1.29, 1.82) is 0 Å². The number of nitrogens with one attached hydrogen (secondary N) is 2. The molecule has 5 N–H and O–H groups in total. The Balaban J connectivity index is 0.000000241. The zero-order chi connectivity index (χ0) is 29.1. The molecule has 2 atom stereocenters. The number of amides is 2. The maximum Gasteiger partial charge on any atom is 0.407 e. The van der Waals surface area contributed by atoms with Crippen LogP contribution in [0.5, 0.6) is 0 Å². The molecule has 2 aromatic carbocycles. The average molecular weight is 603 g/mol. The first-order chi connectivity index (χ1) is 19.0. The van der Waals surface area contributed by atoms with E-state index >= 15 is 0 Å². The van der Waals surface area contributed by atoms with Crippen LogP contribution in [0.25, 0.3) is 9.88 Å². The number of primary amides is 1. The number of rotatable bonds is 10. The molecule has 0 aliphatic heterocycles. The van der Waals surface area contributed by atoms with E-state index in [0.717, 1.165) is 28.2 Å². The quantitative estimate of drug-likeness (QED) is 0.188. The van der Waals surface area contributed by atoms with Gasteiger partial charge in [0.2, 0.25) is 5.91 Å². The van der Waals surface area contributed by atoms with Gasteiger partial charge in [-0.15, -0.1) is 22.7 Å². The number of hydrogen-bond acceptors (Lipinski definition) is 8. The van der Waals surface area contributed by atoms with Crippen molar-refractivity contribution >= 4 is 50.7 Å². The van der Waals surface area contributed by atoms with Crippen LogP contribution in [0, 0.1) is 0 Å². The van der Waals surface area contributed by atoms with Crippen molar-refractivity contribution in [3.63, 3.8) is 0 Å². The Morgan fingerprint density at radius 2 is 1.68 bits per heavy atom. The number of thiophene rings is 1. The van der Waals surface area contributed by atoms with E-state index in [2.05, 4.69) is 28.4 Å². The highest BCUT2D eigenvalue weighted by molar-refractivity contribution is 7.87. The number of anilines is 1. The summed E-state index contributed by atoms with van der Waals surface area (Å²) in [5.41, 5.74) is 8.57. The summed E-state index contributed by atoms with van der Waals surface area (Å²) < 4.78 is 36.8. The van der Waals surface area contributed by atoms with E-state index in [4.69, 9.17) is 15.3 Å². The van der Waals surface area contributed by atoms with Crippen LogP contribution in [-0.4, -0.2) is 43.1 Å². The molecular formula is C27H30N4O6S3. The fourth-order valence-corrected chi connectivity index (χ4v) is 5.81. The third-order valence-corrected chi connectivity index (χ3v) is 8.00. The lowest BCUT2D eigenvalue weighted by Crippen LogP contribution is -2.45. The fraction of sp³-hybridized carbons (Fsp3) is 0.222. The van der Waals surface area contributed by atoms with Gasteiger partial charge in [0.25, 0.3) is 0 Å². The fourth-order valence-electron chi connectivity index (χ4n) is 3.62. The summed E-state index contributed by atoms with van der Waals surface area (Å²) in [5.74, 6) is -0.329. The largest absolute Gasteiger partial charge is 0.453 e. The maximum absolute atomic E-state index is 11.1. The van der Waals surface area contributed by atoms with Gasteiger partial charge in [-0.25, -0.2) is 9.78 Å². The van der Waals surface area contributed by atoms with Crippen molar-refractivity contribution < 1.29 is 27.3 Å². The molecule has 2 heterocycles. The molecule has 13 heteroatoms. The predicted octanol–water partition coefficient (Wildman–Crippen LogP) is 4.87. The topological polar surface area (TPSA) is 161 Å². The summed E-state index contributed by atoms with van der Waals surface area (Å²) in [4.78, 5) is 28.0. The summed E-state index contributed by atoms with van der Waals surface area (Å²) in [7, 11) is -3.00. The molecule has 212 valence electrons. The first-order valence-electron chi connectivity index (χ1n) is 12.0. The first-order valence-corrected chi connectivity index (χ1v) is 15.2. The maximum atomic E-state index is 11.1. The van der Waals surface area contributed by atoms with Crippen molar-refractivity contribution in [1.82, 2.24) is 10.3 Å². The number of carbonyl (C=O) groups excluding carboxylic acids is 2. The van der Waals surface area contributed by atoms with Crippen LogP contribution in [0.15, 0.2) is 77.5 Å². The van der Waals surface area contributed by atoms with Crippen LogP contribution in [0.4, 0.5) is 10.5 Å². The summed E-state index contributed by atoms with van der Waals surface area (Å²) in [5, 5.41) is 7.56. The average Bonchev–Trinajstić information content (AvgIpc) is 3.62.